The molecule has 4 aliphatic heterocycles. The highest BCUT2D eigenvalue weighted by Gasteiger charge is 2.63. The number of nitrogens with zero attached hydrogens (tertiary/aromatic N) is 2. The Morgan fingerprint density at radius 2 is 1.12 bits per heavy atom. The lowest BCUT2D eigenvalue weighted by Crippen LogP contribution is -2.50. The predicted octanol–water partition coefficient (Wildman–Crippen LogP) is 2.59. The van der Waals surface area contributed by atoms with Crippen molar-refractivity contribution in [3.05, 3.63) is 23.8 Å². The first-order valence-corrected chi connectivity index (χ1v) is 8.97. The van der Waals surface area contributed by atoms with Crippen LogP contribution in [0.15, 0.2) is 18.2 Å². The van der Waals surface area contributed by atoms with Crippen molar-refractivity contribution in [2.45, 2.75) is 57.5 Å². The average molecular weight is 346 g/mol. The van der Waals surface area contributed by atoms with Crippen LogP contribution in [-0.2, 0) is 18.9 Å². The molecular formula is C19H26N2O4. The van der Waals surface area contributed by atoms with Crippen molar-refractivity contribution < 1.29 is 18.9 Å². The fourth-order valence-electron chi connectivity index (χ4n) is 4.03. The highest BCUT2D eigenvalue weighted by atomic mass is 16.7. The maximum absolute atomic E-state index is 5.84. The zero-order valence-electron chi connectivity index (χ0n) is 15.6. The molecule has 4 aliphatic rings. The lowest BCUT2D eigenvalue weighted by Gasteiger charge is -2.40. The third-order valence-electron chi connectivity index (χ3n) is 5.82. The number of epoxide rings is 4. The third kappa shape index (κ3) is 2.31. The summed E-state index contributed by atoms with van der Waals surface area (Å²) in [4.78, 5) is 4.61. The van der Waals surface area contributed by atoms with E-state index < -0.39 is 0 Å². The van der Waals surface area contributed by atoms with Crippen LogP contribution in [0.5, 0.6) is 0 Å². The van der Waals surface area contributed by atoms with Gasteiger partial charge in [0.1, 0.15) is 0 Å². The summed E-state index contributed by atoms with van der Waals surface area (Å²) in [6.07, 6.45) is 0. The molecule has 1 aromatic rings. The molecule has 6 nitrogen and oxygen atoms in total. The van der Waals surface area contributed by atoms with Crippen LogP contribution in [0.25, 0.3) is 0 Å². The second-order valence-corrected chi connectivity index (χ2v) is 8.47. The van der Waals surface area contributed by atoms with Crippen molar-refractivity contribution in [3.63, 3.8) is 0 Å². The summed E-state index contributed by atoms with van der Waals surface area (Å²) < 4.78 is 23.3. The van der Waals surface area contributed by atoms with E-state index in [1.807, 2.05) is 0 Å². The van der Waals surface area contributed by atoms with Gasteiger partial charge >= 0.3 is 0 Å². The molecule has 1 aromatic carbocycles. The number of rotatable bonds is 6. The summed E-state index contributed by atoms with van der Waals surface area (Å²) in [6, 6.07) is 6.41. The third-order valence-corrected chi connectivity index (χ3v) is 5.82. The molecule has 0 amide bonds. The standard InChI is InChI=1S/C19H26N2O4/c1-13-7-6-8-14(20(16(2)9-22-16)17(3)10-23-17)15(13)21(18(4)11-24-18)19(5)12-25-19/h6-8H,9-12H2,1-5H3. The molecule has 0 spiro atoms. The molecule has 136 valence electrons. The van der Waals surface area contributed by atoms with Crippen LogP contribution < -0.4 is 9.80 Å². The van der Waals surface area contributed by atoms with Gasteiger partial charge in [-0.1, -0.05) is 12.1 Å². The van der Waals surface area contributed by atoms with Gasteiger partial charge in [0.15, 0.2) is 22.9 Å². The Morgan fingerprint density at radius 3 is 1.52 bits per heavy atom. The molecule has 4 fully saturated rings. The fourth-order valence-corrected chi connectivity index (χ4v) is 4.03. The van der Waals surface area contributed by atoms with E-state index in [2.05, 4.69) is 62.6 Å². The van der Waals surface area contributed by atoms with Crippen LogP contribution in [0.2, 0.25) is 0 Å². The number of ether oxygens (including phenoxy) is 4. The molecule has 0 aromatic heterocycles. The van der Waals surface area contributed by atoms with E-state index in [9.17, 15) is 0 Å². The zero-order chi connectivity index (χ0) is 17.7. The minimum absolute atomic E-state index is 0.323. The molecule has 0 radical (unpaired) electrons. The van der Waals surface area contributed by atoms with Gasteiger partial charge in [-0.15, -0.1) is 0 Å². The summed E-state index contributed by atoms with van der Waals surface area (Å²) in [5.74, 6) is 0. The van der Waals surface area contributed by atoms with Crippen LogP contribution >= 0.6 is 0 Å². The highest BCUT2D eigenvalue weighted by Crippen LogP contribution is 2.54. The van der Waals surface area contributed by atoms with E-state index in [1.165, 1.54) is 5.56 Å². The second kappa shape index (κ2) is 4.49. The summed E-state index contributed by atoms with van der Waals surface area (Å²) in [7, 11) is 0. The average Bonchev–Trinajstić information content (AvgIpc) is 3.31. The van der Waals surface area contributed by atoms with E-state index in [-0.39, 0.29) is 22.9 Å². The van der Waals surface area contributed by atoms with E-state index in [0.717, 1.165) is 11.4 Å². The molecule has 0 bridgehead atoms. The van der Waals surface area contributed by atoms with Crippen molar-refractivity contribution >= 4 is 11.4 Å². The molecule has 5 rings (SSSR count). The number of aryl methyl sites for hydroxylation is 1. The van der Waals surface area contributed by atoms with Gasteiger partial charge in [0.05, 0.1) is 37.8 Å². The summed E-state index contributed by atoms with van der Waals surface area (Å²) >= 11 is 0. The van der Waals surface area contributed by atoms with Gasteiger partial charge < -0.3 is 28.7 Å². The Balaban J connectivity index is 1.67. The summed E-state index contributed by atoms with van der Waals surface area (Å²) in [5, 5.41) is 0. The van der Waals surface area contributed by atoms with Gasteiger partial charge in [0.25, 0.3) is 0 Å². The fraction of sp³-hybridized carbons (Fsp3) is 0.684. The number of benzene rings is 1. The van der Waals surface area contributed by atoms with Crippen molar-refractivity contribution in [2.75, 3.05) is 36.2 Å². The molecule has 4 saturated heterocycles. The van der Waals surface area contributed by atoms with Gasteiger partial charge in [-0.05, 0) is 46.2 Å². The summed E-state index contributed by atoms with van der Waals surface area (Å²) in [5.41, 5.74) is 2.17. The van der Waals surface area contributed by atoms with Crippen molar-refractivity contribution in [3.8, 4) is 0 Å². The van der Waals surface area contributed by atoms with Crippen molar-refractivity contribution in [1.82, 2.24) is 0 Å². The SMILES string of the molecule is Cc1cccc(N(C2(C)CO2)C2(C)CO2)c1N(C1(C)CO1)C1(C)CO1. The maximum Gasteiger partial charge on any atom is 0.164 e. The number of anilines is 2. The maximum atomic E-state index is 5.84. The second-order valence-electron chi connectivity index (χ2n) is 8.47. The molecule has 0 saturated carbocycles. The zero-order valence-corrected chi connectivity index (χ0v) is 15.6. The van der Waals surface area contributed by atoms with Crippen LogP contribution in [-0.4, -0.2) is 49.3 Å². The molecule has 4 unspecified atom stereocenters. The lowest BCUT2D eigenvalue weighted by molar-refractivity contribution is 0.223. The van der Waals surface area contributed by atoms with Crippen LogP contribution in [0.4, 0.5) is 11.4 Å². The Hall–Kier alpha value is -1.34. The van der Waals surface area contributed by atoms with Gasteiger partial charge in [-0.2, -0.15) is 0 Å². The van der Waals surface area contributed by atoms with E-state index >= 15 is 0 Å². The number of hydrogen-bond donors (Lipinski definition) is 0. The van der Waals surface area contributed by atoms with E-state index in [1.54, 1.807) is 0 Å². The Labute approximate surface area is 148 Å². The lowest BCUT2D eigenvalue weighted by atomic mass is 10.0. The van der Waals surface area contributed by atoms with E-state index in [4.69, 9.17) is 18.9 Å². The normalized spacial score (nSPS) is 43.6. The van der Waals surface area contributed by atoms with Crippen molar-refractivity contribution in [2.24, 2.45) is 0 Å². The minimum Gasteiger partial charge on any atom is -0.348 e. The quantitative estimate of drug-likeness (QED) is 0.738. The van der Waals surface area contributed by atoms with Crippen LogP contribution in [0, 0.1) is 6.92 Å². The molecule has 4 atom stereocenters. The minimum atomic E-state index is -0.325. The monoisotopic (exact) mass is 346 g/mol. The highest BCUT2D eigenvalue weighted by molar-refractivity contribution is 5.79. The van der Waals surface area contributed by atoms with Crippen LogP contribution in [0.1, 0.15) is 33.3 Å². The largest absolute Gasteiger partial charge is 0.348 e. The first kappa shape index (κ1) is 15.9. The topological polar surface area (TPSA) is 56.6 Å². The number of para-hydroxylation sites is 1. The van der Waals surface area contributed by atoms with Gasteiger partial charge in [-0.3, -0.25) is 0 Å². The molecule has 6 heteroatoms. The van der Waals surface area contributed by atoms with Gasteiger partial charge in [0.2, 0.25) is 0 Å². The summed E-state index contributed by atoms with van der Waals surface area (Å²) in [6.45, 7) is 13.5. The predicted molar refractivity (Wildman–Crippen MR) is 93.6 cm³/mol. The Morgan fingerprint density at radius 1 is 0.720 bits per heavy atom. The van der Waals surface area contributed by atoms with Crippen LogP contribution in [0.3, 0.4) is 0 Å². The smallest absolute Gasteiger partial charge is 0.164 e. The molecule has 0 aliphatic carbocycles. The number of hydrogen-bond acceptors (Lipinski definition) is 6. The molecule has 4 heterocycles. The first-order chi connectivity index (χ1) is 11.7. The Kier molecular flexibility index (Phi) is 2.85. The van der Waals surface area contributed by atoms with Gasteiger partial charge in [0, 0.05) is 0 Å². The Bertz CT molecular complexity index is 697. The van der Waals surface area contributed by atoms with Gasteiger partial charge in [-0.25, -0.2) is 0 Å². The van der Waals surface area contributed by atoms with Crippen molar-refractivity contribution in [1.29, 1.82) is 0 Å². The molecule has 0 N–H and O–H groups in total. The molecular weight excluding hydrogens is 320 g/mol. The molecule has 25 heavy (non-hydrogen) atoms. The van der Waals surface area contributed by atoms with E-state index in [0.29, 0.717) is 26.4 Å². The first-order valence-electron chi connectivity index (χ1n) is 8.97.